The van der Waals surface area contributed by atoms with E-state index < -0.39 is 5.91 Å². The van der Waals surface area contributed by atoms with Gasteiger partial charge in [0.1, 0.15) is 12.2 Å². The molecule has 0 radical (unpaired) electrons. The number of carbonyl (C=O) groups excluding carboxylic acids is 2. The molecule has 0 aromatic heterocycles. The second-order valence-corrected chi connectivity index (χ2v) is 6.09. The van der Waals surface area contributed by atoms with E-state index in [1.165, 1.54) is 0 Å². The van der Waals surface area contributed by atoms with Gasteiger partial charge in [0.05, 0.1) is 22.8 Å². The van der Waals surface area contributed by atoms with E-state index in [-0.39, 0.29) is 12.3 Å². The molecule has 0 aliphatic heterocycles. The zero-order chi connectivity index (χ0) is 18.2. The number of ether oxygens (including phenoxy) is 1. The summed E-state index contributed by atoms with van der Waals surface area (Å²) in [4.78, 5) is 23.8. The van der Waals surface area contributed by atoms with E-state index >= 15 is 0 Å². The van der Waals surface area contributed by atoms with Crippen LogP contribution in [0.2, 0.25) is 10.0 Å². The van der Waals surface area contributed by atoms with Crippen LogP contribution in [0.4, 0.5) is 5.69 Å². The standard InChI is InChI=1S/C18H18Cl2N2O3/c1-25-13-5-2-4-12(10-13)8-9-21-16(23)11-17(24)22-18-14(19)6-3-7-15(18)20/h2-7,10H,8-9,11H2,1H3,(H,21,23)(H,22,24). The second-order valence-electron chi connectivity index (χ2n) is 5.27. The first-order valence-electron chi connectivity index (χ1n) is 7.63. The highest BCUT2D eigenvalue weighted by Crippen LogP contribution is 2.29. The number of amides is 2. The summed E-state index contributed by atoms with van der Waals surface area (Å²) in [6, 6.07) is 12.5. The number of hydrogen-bond acceptors (Lipinski definition) is 3. The number of nitrogens with one attached hydrogen (secondary N) is 2. The molecule has 2 amide bonds. The highest BCUT2D eigenvalue weighted by molar-refractivity contribution is 6.39. The molecule has 0 heterocycles. The van der Waals surface area contributed by atoms with Gasteiger partial charge in [-0.2, -0.15) is 0 Å². The minimum atomic E-state index is -0.478. The Balaban J connectivity index is 1.79. The normalized spacial score (nSPS) is 10.2. The van der Waals surface area contributed by atoms with Gasteiger partial charge in [-0.3, -0.25) is 9.59 Å². The fourth-order valence-electron chi connectivity index (χ4n) is 2.18. The topological polar surface area (TPSA) is 67.4 Å². The van der Waals surface area contributed by atoms with Gasteiger partial charge in [-0.15, -0.1) is 0 Å². The molecule has 0 aliphatic rings. The van der Waals surface area contributed by atoms with E-state index in [1.807, 2.05) is 24.3 Å². The maximum absolute atomic E-state index is 11.9. The molecule has 0 saturated heterocycles. The van der Waals surface area contributed by atoms with Crippen molar-refractivity contribution >= 4 is 40.7 Å². The molecule has 5 nitrogen and oxygen atoms in total. The SMILES string of the molecule is COc1cccc(CCNC(=O)CC(=O)Nc2c(Cl)cccc2Cl)c1. The maximum Gasteiger partial charge on any atom is 0.233 e. The lowest BCUT2D eigenvalue weighted by Gasteiger charge is -2.09. The van der Waals surface area contributed by atoms with Gasteiger partial charge in [-0.25, -0.2) is 0 Å². The largest absolute Gasteiger partial charge is 0.497 e. The number of anilines is 1. The predicted molar refractivity (Wildman–Crippen MR) is 99.4 cm³/mol. The Labute approximate surface area is 156 Å². The van der Waals surface area contributed by atoms with E-state index in [0.29, 0.717) is 28.7 Å². The molecule has 7 heteroatoms. The van der Waals surface area contributed by atoms with Gasteiger partial charge in [-0.05, 0) is 36.2 Å². The van der Waals surface area contributed by atoms with E-state index in [1.54, 1.807) is 25.3 Å². The fraction of sp³-hybridized carbons (Fsp3) is 0.222. The molecular weight excluding hydrogens is 363 g/mol. The van der Waals surface area contributed by atoms with Crippen molar-refractivity contribution in [2.45, 2.75) is 12.8 Å². The summed E-state index contributed by atoms with van der Waals surface area (Å²) in [7, 11) is 1.60. The smallest absolute Gasteiger partial charge is 0.233 e. The third-order valence-electron chi connectivity index (χ3n) is 3.42. The first-order chi connectivity index (χ1) is 12.0. The van der Waals surface area contributed by atoms with Gasteiger partial charge in [0, 0.05) is 6.54 Å². The van der Waals surface area contributed by atoms with Crippen molar-refractivity contribution in [1.82, 2.24) is 5.32 Å². The summed E-state index contributed by atoms with van der Waals surface area (Å²) in [5.41, 5.74) is 1.34. The first-order valence-corrected chi connectivity index (χ1v) is 8.38. The van der Waals surface area contributed by atoms with Crippen molar-refractivity contribution in [2.24, 2.45) is 0 Å². The number of methoxy groups -OCH3 is 1. The number of para-hydroxylation sites is 1. The Kier molecular flexibility index (Phi) is 7.10. The summed E-state index contributed by atoms with van der Waals surface area (Å²) in [6.45, 7) is 0.423. The molecule has 25 heavy (non-hydrogen) atoms. The summed E-state index contributed by atoms with van der Waals surface area (Å²) in [5, 5.41) is 5.90. The molecule has 0 unspecified atom stereocenters. The van der Waals surface area contributed by atoms with Crippen molar-refractivity contribution in [2.75, 3.05) is 19.0 Å². The minimum Gasteiger partial charge on any atom is -0.497 e. The number of benzene rings is 2. The maximum atomic E-state index is 11.9. The zero-order valence-corrected chi connectivity index (χ0v) is 15.2. The Morgan fingerprint density at radius 3 is 2.40 bits per heavy atom. The van der Waals surface area contributed by atoms with Crippen LogP contribution in [-0.2, 0) is 16.0 Å². The van der Waals surface area contributed by atoms with Crippen LogP contribution < -0.4 is 15.4 Å². The van der Waals surface area contributed by atoms with E-state index in [4.69, 9.17) is 27.9 Å². The van der Waals surface area contributed by atoms with Crippen LogP contribution in [0.5, 0.6) is 5.75 Å². The van der Waals surface area contributed by atoms with Crippen LogP contribution in [0.1, 0.15) is 12.0 Å². The molecule has 2 aromatic rings. The zero-order valence-electron chi connectivity index (χ0n) is 13.6. The van der Waals surface area contributed by atoms with Crippen LogP contribution in [0.3, 0.4) is 0 Å². The Bertz CT molecular complexity index is 745. The number of halogens is 2. The van der Waals surface area contributed by atoms with E-state index in [9.17, 15) is 9.59 Å². The lowest BCUT2D eigenvalue weighted by molar-refractivity contribution is -0.126. The van der Waals surface area contributed by atoms with Crippen molar-refractivity contribution in [3.05, 3.63) is 58.1 Å². The van der Waals surface area contributed by atoms with Crippen molar-refractivity contribution in [3.8, 4) is 5.75 Å². The lowest BCUT2D eigenvalue weighted by Crippen LogP contribution is -2.29. The van der Waals surface area contributed by atoms with Crippen LogP contribution >= 0.6 is 23.2 Å². The molecule has 0 atom stereocenters. The molecule has 2 aromatic carbocycles. The van der Waals surface area contributed by atoms with Gasteiger partial charge < -0.3 is 15.4 Å². The van der Waals surface area contributed by atoms with Crippen molar-refractivity contribution < 1.29 is 14.3 Å². The van der Waals surface area contributed by atoms with Gasteiger partial charge in [0.25, 0.3) is 0 Å². The Morgan fingerprint density at radius 2 is 1.72 bits per heavy atom. The molecule has 0 aliphatic carbocycles. The molecule has 0 saturated carbocycles. The fourth-order valence-corrected chi connectivity index (χ4v) is 2.68. The van der Waals surface area contributed by atoms with Gasteiger partial charge in [-0.1, -0.05) is 41.4 Å². The average molecular weight is 381 g/mol. The van der Waals surface area contributed by atoms with Crippen molar-refractivity contribution in [3.63, 3.8) is 0 Å². The number of hydrogen-bond donors (Lipinski definition) is 2. The molecule has 0 spiro atoms. The van der Waals surface area contributed by atoms with Gasteiger partial charge >= 0.3 is 0 Å². The third kappa shape index (κ3) is 5.96. The van der Waals surface area contributed by atoms with Crippen LogP contribution in [-0.4, -0.2) is 25.5 Å². The predicted octanol–water partition coefficient (Wildman–Crippen LogP) is 3.69. The van der Waals surface area contributed by atoms with E-state index in [0.717, 1.165) is 11.3 Å². The molecule has 0 bridgehead atoms. The molecule has 132 valence electrons. The second kappa shape index (κ2) is 9.30. The van der Waals surface area contributed by atoms with Crippen LogP contribution in [0.15, 0.2) is 42.5 Å². The summed E-state index contributed by atoms with van der Waals surface area (Å²) in [6.07, 6.45) is 0.334. The lowest BCUT2D eigenvalue weighted by atomic mass is 10.1. The third-order valence-corrected chi connectivity index (χ3v) is 4.05. The molecule has 0 fully saturated rings. The quantitative estimate of drug-likeness (QED) is 0.719. The average Bonchev–Trinajstić information content (AvgIpc) is 2.58. The molecule has 2 rings (SSSR count). The Hall–Kier alpha value is -2.24. The first kappa shape index (κ1) is 19.1. The summed E-state index contributed by atoms with van der Waals surface area (Å²) < 4.78 is 5.15. The van der Waals surface area contributed by atoms with E-state index in [2.05, 4.69) is 10.6 Å². The Morgan fingerprint density at radius 1 is 1.04 bits per heavy atom. The number of carbonyl (C=O) groups is 2. The molecule has 2 N–H and O–H groups in total. The number of rotatable bonds is 7. The van der Waals surface area contributed by atoms with Crippen molar-refractivity contribution in [1.29, 1.82) is 0 Å². The minimum absolute atomic E-state index is 0.306. The van der Waals surface area contributed by atoms with Gasteiger partial charge in [0.2, 0.25) is 11.8 Å². The molecular formula is C18H18Cl2N2O3. The summed E-state index contributed by atoms with van der Waals surface area (Å²) in [5.74, 6) is -0.0859. The van der Waals surface area contributed by atoms with Crippen LogP contribution in [0.25, 0.3) is 0 Å². The highest BCUT2D eigenvalue weighted by Gasteiger charge is 2.13. The monoisotopic (exact) mass is 380 g/mol. The van der Waals surface area contributed by atoms with Crippen LogP contribution in [0, 0.1) is 0 Å². The summed E-state index contributed by atoms with van der Waals surface area (Å²) >= 11 is 12.0. The van der Waals surface area contributed by atoms with Gasteiger partial charge in [0.15, 0.2) is 0 Å². The highest BCUT2D eigenvalue weighted by atomic mass is 35.5.